The van der Waals surface area contributed by atoms with Crippen molar-refractivity contribution in [2.24, 2.45) is 5.92 Å². The Hall–Kier alpha value is -0.640. The van der Waals surface area contributed by atoms with Crippen molar-refractivity contribution in [3.63, 3.8) is 0 Å². The zero-order chi connectivity index (χ0) is 13.8. The molecule has 0 spiro atoms. The lowest BCUT2D eigenvalue weighted by Crippen LogP contribution is -2.40. The zero-order valence-electron chi connectivity index (χ0n) is 12.0. The summed E-state index contributed by atoms with van der Waals surface area (Å²) in [4.78, 5) is 2.90. The molecule has 0 aliphatic heterocycles. The van der Waals surface area contributed by atoms with Gasteiger partial charge in [0.25, 0.3) is 0 Å². The molecular formula is C17H23NS2. The predicted molar refractivity (Wildman–Crippen MR) is 89.7 cm³/mol. The second-order valence-corrected chi connectivity index (χ2v) is 7.65. The van der Waals surface area contributed by atoms with Crippen molar-refractivity contribution < 1.29 is 0 Å². The Morgan fingerprint density at radius 1 is 1.10 bits per heavy atom. The molecule has 2 aromatic heterocycles. The van der Waals surface area contributed by atoms with E-state index >= 15 is 0 Å². The van der Waals surface area contributed by atoms with E-state index in [0.29, 0.717) is 12.1 Å². The van der Waals surface area contributed by atoms with E-state index in [1.807, 2.05) is 22.7 Å². The average Bonchev–Trinajstić information content (AvgIpc) is 3.18. The minimum atomic E-state index is 0.396. The van der Waals surface area contributed by atoms with Crippen LogP contribution in [0.3, 0.4) is 0 Å². The fraction of sp³-hybridized carbons (Fsp3) is 0.529. The standard InChI is InChI=1S/C17H23NS2/c1-2-13-7-3-4-8-14(13)18-17(15-9-5-11-19-15)16-10-6-12-20-16/h5-6,9-14,17-18H,2-4,7-8H2,1H3. The molecule has 0 aromatic carbocycles. The largest absolute Gasteiger partial charge is 0.302 e. The molecule has 1 nitrogen and oxygen atoms in total. The van der Waals surface area contributed by atoms with Gasteiger partial charge < -0.3 is 5.32 Å². The van der Waals surface area contributed by atoms with E-state index in [9.17, 15) is 0 Å². The molecule has 1 saturated carbocycles. The molecule has 3 heteroatoms. The molecule has 2 heterocycles. The molecule has 0 bridgehead atoms. The normalized spacial score (nSPS) is 23.3. The summed E-state index contributed by atoms with van der Waals surface area (Å²) in [6.45, 7) is 2.34. The maximum absolute atomic E-state index is 3.98. The molecule has 2 aromatic rings. The van der Waals surface area contributed by atoms with Crippen molar-refractivity contribution in [2.75, 3.05) is 0 Å². The third kappa shape index (κ3) is 3.16. The lowest BCUT2D eigenvalue weighted by molar-refractivity contribution is 0.246. The first-order valence-corrected chi connectivity index (χ1v) is 9.47. The Balaban J connectivity index is 1.80. The molecular weight excluding hydrogens is 282 g/mol. The van der Waals surface area contributed by atoms with Crippen molar-refractivity contribution in [3.8, 4) is 0 Å². The van der Waals surface area contributed by atoms with E-state index in [4.69, 9.17) is 0 Å². The molecule has 0 radical (unpaired) electrons. The zero-order valence-corrected chi connectivity index (χ0v) is 13.7. The Kier molecular flexibility index (Phi) is 4.92. The minimum absolute atomic E-state index is 0.396. The summed E-state index contributed by atoms with van der Waals surface area (Å²) >= 11 is 3.74. The summed E-state index contributed by atoms with van der Waals surface area (Å²) in [5, 5.41) is 8.36. The van der Waals surface area contributed by atoms with Crippen LogP contribution in [0.1, 0.15) is 54.8 Å². The number of rotatable bonds is 5. The van der Waals surface area contributed by atoms with Crippen LogP contribution in [0.4, 0.5) is 0 Å². The molecule has 108 valence electrons. The maximum Gasteiger partial charge on any atom is 0.0767 e. The highest BCUT2D eigenvalue weighted by molar-refractivity contribution is 7.11. The fourth-order valence-corrected chi connectivity index (χ4v) is 5.02. The third-order valence-corrected chi connectivity index (χ3v) is 6.34. The van der Waals surface area contributed by atoms with Gasteiger partial charge >= 0.3 is 0 Å². The summed E-state index contributed by atoms with van der Waals surface area (Å²) in [5.74, 6) is 0.853. The monoisotopic (exact) mass is 305 g/mol. The Morgan fingerprint density at radius 3 is 2.30 bits per heavy atom. The van der Waals surface area contributed by atoms with Crippen LogP contribution < -0.4 is 5.32 Å². The van der Waals surface area contributed by atoms with Gasteiger partial charge in [0.05, 0.1) is 6.04 Å². The second-order valence-electron chi connectivity index (χ2n) is 5.69. The van der Waals surface area contributed by atoms with Crippen molar-refractivity contribution in [1.82, 2.24) is 5.32 Å². The smallest absolute Gasteiger partial charge is 0.0767 e. The summed E-state index contributed by atoms with van der Waals surface area (Å²) < 4.78 is 0. The van der Waals surface area contributed by atoms with Crippen LogP contribution in [0, 0.1) is 5.92 Å². The van der Waals surface area contributed by atoms with E-state index in [-0.39, 0.29) is 0 Å². The molecule has 0 saturated heterocycles. The summed E-state index contributed by atoms with van der Waals surface area (Å²) in [6.07, 6.45) is 6.84. The van der Waals surface area contributed by atoms with Crippen LogP contribution >= 0.6 is 22.7 Å². The van der Waals surface area contributed by atoms with Crippen LogP contribution in [0.5, 0.6) is 0 Å². The van der Waals surface area contributed by atoms with Gasteiger partial charge in [-0.2, -0.15) is 0 Å². The lowest BCUT2D eigenvalue weighted by atomic mass is 9.82. The molecule has 20 heavy (non-hydrogen) atoms. The van der Waals surface area contributed by atoms with Crippen molar-refractivity contribution in [1.29, 1.82) is 0 Å². The van der Waals surface area contributed by atoms with Crippen LogP contribution in [-0.4, -0.2) is 6.04 Å². The van der Waals surface area contributed by atoms with Gasteiger partial charge in [-0.05, 0) is 41.7 Å². The predicted octanol–water partition coefficient (Wildman–Crippen LogP) is 5.46. The van der Waals surface area contributed by atoms with Gasteiger partial charge in [0, 0.05) is 15.8 Å². The van der Waals surface area contributed by atoms with Gasteiger partial charge in [0.1, 0.15) is 0 Å². The van der Waals surface area contributed by atoms with Crippen molar-refractivity contribution in [2.45, 2.75) is 51.1 Å². The Bertz CT molecular complexity index is 455. The highest BCUT2D eigenvalue weighted by Gasteiger charge is 2.27. The Labute approximate surface area is 130 Å². The van der Waals surface area contributed by atoms with Gasteiger partial charge in [-0.3, -0.25) is 0 Å². The summed E-state index contributed by atoms with van der Waals surface area (Å²) in [5.41, 5.74) is 0. The third-order valence-electron chi connectivity index (χ3n) is 4.47. The first-order chi connectivity index (χ1) is 9.88. The van der Waals surface area contributed by atoms with E-state index < -0.39 is 0 Å². The second kappa shape index (κ2) is 6.88. The van der Waals surface area contributed by atoms with Gasteiger partial charge in [-0.25, -0.2) is 0 Å². The van der Waals surface area contributed by atoms with Gasteiger partial charge in [0.15, 0.2) is 0 Å². The number of hydrogen-bond donors (Lipinski definition) is 1. The number of thiophene rings is 2. The molecule has 2 unspecified atom stereocenters. The van der Waals surface area contributed by atoms with E-state index in [1.165, 1.54) is 41.9 Å². The van der Waals surface area contributed by atoms with Crippen LogP contribution in [0.15, 0.2) is 35.0 Å². The molecule has 0 amide bonds. The van der Waals surface area contributed by atoms with E-state index in [2.05, 4.69) is 47.3 Å². The van der Waals surface area contributed by atoms with Gasteiger partial charge in [-0.1, -0.05) is 38.3 Å². The molecule has 3 rings (SSSR count). The first-order valence-electron chi connectivity index (χ1n) is 7.71. The first kappa shape index (κ1) is 14.3. The van der Waals surface area contributed by atoms with E-state index in [0.717, 1.165) is 5.92 Å². The minimum Gasteiger partial charge on any atom is -0.302 e. The highest BCUT2D eigenvalue weighted by atomic mass is 32.1. The maximum atomic E-state index is 3.98. The quantitative estimate of drug-likeness (QED) is 0.773. The van der Waals surface area contributed by atoms with Crippen molar-refractivity contribution >= 4 is 22.7 Å². The van der Waals surface area contributed by atoms with Crippen LogP contribution in [0.25, 0.3) is 0 Å². The van der Waals surface area contributed by atoms with Crippen molar-refractivity contribution in [3.05, 3.63) is 44.8 Å². The SMILES string of the molecule is CCC1CCCCC1NC(c1cccs1)c1cccs1. The molecule has 1 N–H and O–H groups in total. The molecule has 1 fully saturated rings. The Morgan fingerprint density at radius 2 is 1.75 bits per heavy atom. The lowest BCUT2D eigenvalue weighted by Gasteiger charge is -2.34. The van der Waals surface area contributed by atoms with E-state index in [1.54, 1.807) is 0 Å². The molecule has 2 atom stereocenters. The number of hydrogen-bond acceptors (Lipinski definition) is 3. The summed E-state index contributed by atoms with van der Waals surface area (Å²) in [7, 11) is 0. The van der Waals surface area contributed by atoms with Crippen LogP contribution in [-0.2, 0) is 0 Å². The number of nitrogens with one attached hydrogen (secondary N) is 1. The summed E-state index contributed by atoms with van der Waals surface area (Å²) in [6, 6.07) is 9.95. The highest BCUT2D eigenvalue weighted by Crippen LogP contribution is 2.34. The van der Waals surface area contributed by atoms with Gasteiger partial charge in [-0.15, -0.1) is 22.7 Å². The van der Waals surface area contributed by atoms with Gasteiger partial charge in [0.2, 0.25) is 0 Å². The fourth-order valence-electron chi connectivity index (χ4n) is 3.35. The molecule has 1 aliphatic rings. The topological polar surface area (TPSA) is 12.0 Å². The van der Waals surface area contributed by atoms with Crippen LogP contribution in [0.2, 0.25) is 0 Å². The molecule has 1 aliphatic carbocycles. The average molecular weight is 306 g/mol.